The second-order valence-corrected chi connectivity index (χ2v) is 17.3. The molecule has 12 nitrogen and oxygen atoms in total. The van der Waals surface area contributed by atoms with Crippen LogP contribution in [0.1, 0.15) is 16.7 Å². The molecule has 1 aliphatic heterocycles. The predicted octanol–water partition coefficient (Wildman–Crippen LogP) is 9.78. The molecule has 6 aromatic rings. The molecule has 7 rings (SSSR count). The van der Waals surface area contributed by atoms with E-state index in [-0.39, 0.29) is 25.8 Å². The maximum atomic E-state index is 10.6. The van der Waals surface area contributed by atoms with E-state index in [4.69, 9.17) is 32.3 Å². The molecule has 1 aliphatic rings. The van der Waals surface area contributed by atoms with E-state index in [2.05, 4.69) is 0 Å². The molecule has 15 heteroatoms. The average Bonchev–Trinajstić information content (AvgIpc) is 3.22. The molecule has 0 amide bonds. The van der Waals surface area contributed by atoms with E-state index in [0.717, 1.165) is 0 Å². The monoisotopic (exact) mass is 783 g/mol. The van der Waals surface area contributed by atoms with E-state index in [1.807, 2.05) is 42.5 Å². The number of rotatable bonds is 15. The second-order valence-electron chi connectivity index (χ2n) is 11.5. The summed E-state index contributed by atoms with van der Waals surface area (Å²) in [5, 5.41) is 31.7. The third-order valence-corrected chi connectivity index (χ3v) is 14.9. The van der Waals surface area contributed by atoms with Gasteiger partial charge in [0.2, 0.25) is 0 Å². The Hall–Kier alpha value is -5.12. The third kappa shape index (κ3) is 8.03. The number of aliphatic hydroxyl groups is 3. The zero-order chi connectivity index (χ0) is 37.2. The molecular weight excluding hydrogens is 747 g/mol. The molecule has 0 aromatic heterocycles. The number of benzene rings is 6. The number of hydrogen-bond donors (Lipinski definition) is 3. The Kier molecular flexibility index (Phi) is 11.7. The molecule has 0 saturated heterocycles. The fourth-order valence-corrected chi connectivity index (χ4v) is 13.0. The van der Waals surface area contributed by atoms with Crippen molar-refractivity contribution in [2.45, 2.75) is 19.8 Å². The van der Waals surface area contributed by atoms with Crippen molar-refractivity contribution >= 4 is 24.6 Å². The Balaban J connectivity index is 1.57. The summed E-state index contributed by atoms with van der Waals surface area (Å²) in [7, 11) is -7.94. The molecule has 1 atom stereocenters. The molecule has 0 aliphatic carbocycles. The Labute approximate surface area is 315 Å². The molecule has 276 valence electrons. The summed E-state index contributed by atoms with van der Waals surface area (Å²) in [6.45, 7) is -1.21. The minimum atomic E-state index is -5.66. The van der Waals surface area contributed by atoms with Crippen molar-refractivity contribution in [3.8, 4) is 34.5 Å². The molecule has 3 N–H and O–H groups in total. The van der Waals surface area contributed by atoms with Crippen molar-refractivity contribution in [2.75, 3.05) is 0 Å². The van der Waals surface area contributed by atoms with Gasteiger partial charge in [-0.3, -0.25) is 0 Å². The van der Waals surface area contributed by atoms with E-state index in [1.165, 1.54) is 9.21 Å². The van der Waals surface area contributed by atoms with Crippen LogP contribution >= 0.6 is 24.6 Å². The second kappa shape index (κ2) is 16.9. The van der Waals surface area contributed by atoms with Crippen molar-refractivity contribution in [3.05, 3.63) is 180 Å². The van der Waals surface area contributed by atoms with Gasteiger partial charge in [-0.05, 0) is 0 Å². The summed E-state index contributed by atoms with van der Waals surface area (Å²) >= 11 is 0. The summed E-state index contributed by atoms with van der Waals surface area (Å²) in [5.74, 6) is 1.75. The van der Waals surface area contributed by atoms with Crippen LogP contribution in [0.15, 0.2) is 168 Å². The van der Waals surface area contributed by atoms with Crippen LogP contribution in [0.25, 0.3) is 0 Å². The summed E-state index contributed by atoms with van der Waals surface area (Å²) in [6.07, 6.45) is 0. The van der Waals surface area contributed by atoms with Crippen LogP contribution in [0.5, 0.6) is 34.5 Å². The first-order valence-corrected chi connectivity index (χ1v) is 20.6. The van der Waals surface area contributed by atoms with Gasteiger partial charge in [0.15, 0.2) is 0 Å². The van der Waals surface area contributed by atoms with Crippen LogP contribution < -0.4 is 27.8 Å². The zero-order valence-electron chi connectivity index (χ0n) is 28.7. The van der Waals surface area contributed by atoms with Crippen molar-refractivity contribution in [1.82, 2.24) is 9.21 Å². The summed E-state index contributed by atoms with van der Waals surface area (Å²) in [5.41, 5.74) is 1.17. The minimum absolute atomic E-state index is 0.0990. The normalized spacial score (nSPS) is 17.3. The first-order valence-electron chi connectivity index (χ1n) is 16.7. The number of aliphatic hydroxyl groups excluding tert-OH is 3. The van der Waals surface area contributed by atoms with Gasteiger partial charge in [0, 0.05) is 0 Å². The van der Waals surface area contributed by atoms with Crippen molar-refractivity contribution in [1.29, 1.82) is 0 Å². The fourth-order valence-electron chi connectivity index (χ4n) is 5.21. The van der Waals surface area contributed by atoms with Gasteiger partial charge in [0.1, 0.15) is 0 Å². The van der Waals surface area contributed by atoms with E-state index >= 15 is 0 Å². The molecule has 0 fully saturated rings. The molecular formula is C39H36N3O9P3. The SMILES string of the molecule is OCc1ccccc1OP1(Oc2ccccc2CO)(Oc2ccccc2CO)N=PN(Oc2ccccc2)P(Oc2ccccc2)N1Oc1ccccc1. The standard InChI is InChI=1S/C39H36N3O9P3/c43-28-31-16-10-13-25-37(31)49-54(50-38-26-14-11-17-32(38)29-44,51-39-27-15-12-18-33(39)30-45)40-52-41(46-34-19-4-1-5-20-34)53(48-36-23-8-3-9-24-36)42(54)47-35-21-6-2-7-22-35/h1-27,43-45H,28-30H2. The van der Waals surface area contributed by atoms with Gasteiger partial charge in [-0.1, -0.05) is 0 Å². The Bertz CT molecular complexity index is 2050. The summed E-state index contributed by atoms with van der Waals surface area (Å²) in [6, 6.07) is 47.7. The Morgan fingerprint density at radius 1 is 0.481 bits per heavy atom. The van der Waals surface area contributed by atoms with Gasteiger partial charge in [0.25, 0.3) is 0 Å². The van der Waals surface area contributed by atoms with E-state index in [9.17, 15) is 15.3 Å². The third-order valence-electron chi connectivity index (χ3n) is 7.83. The van der Waals surface area contributed by atoms with Crippen LogP contribution in [0.4, 0.5) is 0 Å². The van der Waals surface area contributed by atoms with Gasteiger partial charge >= 0.3 is 316 Å². The van der Waals surface area contributed by atoms with E-state index in [1.54, 1.807) is 121 Å². The maximum absolute atomic E-state index is 10.6. The molecule has 1 heterocycles. The molecule has 54 heavy (non-hydrogen) atoms. The van der Waals surface area contributed by atoms with Crippen LogP contribution in [0.2, 0.25) is 0 Å². The fraction of sp³-hybridized carbons (Fsp3) is 0.0769. The van der Waals surface area contributed by atoms with Crippen LogP contribution in [-0.4, -0.2) is 24.5 Å². The summed E-state index contributed by atoms with van der Waals surface area (Å²) < 4.78 is 36.3. The van der Waals surface area contributed by atoms with Gasteiger partial charge in [-0.15, -0.1) is 0 Å². The topological polar surface area (TPSA) is 135 Å². The molecule has 6 aromatic carbocycles. The van der Waals surface area contributed by atoms with Crippen LogP contribution in [0, 0.1) is 0 Å². The van der Waals surface area contributed by atoms with Crippen molar-refractivity contribution in [2.24, 2.45) is 4.52 Å². The van der Waals surface area contributed by atoms with Crippen LogP contribution in [0.3, 0.4) is 0 Å². The first-order chi connectivity index (χ1) is 26.5. The van der Waals surface area contributed by atoms with Gasteiger partial charge < -0.3 is 0 Å². The average molecular weight is 784 g/mol. The predicted molar refractivity (Wildman–Crippen MR) is 207 cm³/mol. The Morgan fingerprint density at radius 3 is 1.28 bits per heavy atom. The van der Waals surface area contributed by atoms with E-state index < -0.39 is 35.9 Å². The van der Waals surface area contributed by atoms with Gasteiger partial charge in [-0.2, -0.15) is 0 Å². The molecule has 0 spiro atoms. The molecule has 0 bridgehead atoms. The van der Waals surface area contributed by atoms with Gasteiger partial charge in [-0.25, -0.2) is 0 Å². The Morgan fingerprint density at radius 2 is 0.852 bits per heavy atom. The number of nitrogens with zero attached hydrogens (tertiary/aromatic N) is 3. The van der Waals surface area contributed by atoms with E-state index in [0.29, 0.717) is 33.9 Å². The zero-order valence-corrected chi connectivity index (χ0v) is 31.4. The number of hydrogen-bond acceptors (Lipinski definition) is 12. The van der Waals surface area contributed by atoms with Crippen LogP contribution in [-0.2, 0) is 19.8 Å². The molecule has 1 unspecified atom stereocenters. The quantitative estimate of drug-likeness (QED) is 0.0860. The van der Waals surface area contributed by atoms with Crippen molar-refractivity contribution < 1.29 is 43.1 Å². The summed E-state index contributed by atoms with van der Waals surface area (Å²) in [4.78, 5) is 13.4. The first kappa shape index (κ1) is 37.2. The molecule has 0 radical (unpaired) electrons. The van der Waals surface area contributed by atoms with Gasteiger partial charge in [0.05, 0.1) is 0 Å². The number of para-hydroxylation sites is 6. The molecule has 0 saturated carbocycles. The van der Waals surface area contributed by atoms with Crippen molar-refractivity contribution in [3.63, 3.8) is 0 Å².